The topological polar surface area (TPSA) is 132 Å². The van der Waals surface area contributed by atoms with Crippen LogP contribution in [0.4, 0.5) is 14.9 Å². The third-order valence-electron chi connectivity index (χ3n) is 8.06. The molecule has 0 fully saturated rings. The number of carbonyl (C=O) groups excluding carboxylic acids is 1. The number of Topliss-reactive ketones (excluding diaryl/α,β-unsaturated/α-hetero) is 1. The first-order chi connectivity index (χ1) is 20.6. The van der Waals surface area contributed by atoms with E-state index >= 15 is 0 Å². The average Bonchev–Trinajstić information content (AvgIpc) is 2.95. The Bertz CT molecular complexity index is 1440. The van der Waals surface area contributed by atoms with E-state index in [4.69, 9.17) is 9.16 Å². The molecule has 0 spiro atoms. The minimum Gasteiger partial charge on any atom is -0.497 e. The molecule has 3 rings (SSSR count). The molecule has 0 saturated carbocycles. The second-order valence-electron chi connectivity index (χ2n) is 12.2. The van der Waals surface area contributed by atoms with Crippen molar-refractivity contribution in [2.45, 2.75) is 76.9 Å². The van der Waals surface area contributed by atoms with Gasteiger partial charge in [-0.25, -0.2) is 9.18 Å². The number of hydrogen-bond acceptors (Lipinski definition) is 7. The zero-order valence-electron chi connectivity index (χ0n) is 26.0. The van der Waals surface area contributed by atoms with Gasteiger partial charge < -0.3 is 14.3 Å². The van der Waals surface area contributed by atoms with Crippen LogP contribution >= 0.6 is 0 Å². The van der Waals surface area contributed by atoms with Crippen molar-refractivity contribution in [1.82, 2.24) is 9.88 Å². The van der Waals surface area contributed by atoms with E-state index in [1.54, 1.807) is 24.3 Å². The second kappa shape index (κ2) is 14.5. The lowest BCUT2D eigenvalue weighted by molar-refractivity contribution is -0.384. The van der Waals surface area contributed by atoms with Crippen LogP contribution in [0.15, 0.2) is 67.0 Å². The van der Waals surface area contributed by atoms with E-state index in [-0.39, 0.29) is 42.3 Å². The molecule has 44 heavy (non-hydrogen) atoms. The van der Waals surface area contributed by atoms with E-state index in [0.717, 1.165) is 6.20 Å². The summed E-state index contributed by atoms with van der Waals surface area (Å²) in [4.78, 5) is 41.8. The van der Waals surface area contributed by atoms with Crippen molar-refractivity contribution >= 4 is 25.9 Å². The summed E-state index contributed by atoms with van der Waals surface area (Å²) in [7, 11) is -1.03. The highest BCUT2D eigenvalue weighted by molar-refractivity contribution is 6.74. The maximum Gasteiger partial charge on any atom is 0.407 e. The fraction of sp³-hybridized carbons (Fsp3) is 0.406. The van der Waals surface area contributed by atoms with Gasteiger partial charge in [-0.15, -0.1) is 0 Å². The van der Waals surface area contributed by atoms with Gasteiger partial charge in [0, 0.05) is 43.3 Å². The van der Waals surface area contributed by atoms with Gasteiger partial charge in [-0.05, 0) is 53.9 Å². The average molecular weight is 626 g/mol. The Morgan fingerprint density at radius 2 is 1.68 bits per heavy atom. The van der Waals surface area contributed by atoms with Gasteiger partial charge in [0.25, 0.3) is 5.69 Å². The number of pyridine rings is 1. The van der Waals surface area contributed by atoms with Gasteiger partial charge in [0.2, 0.25) is 0 Å². The van der Waals surface area contributed by atoms with Gasteiger partial charge in [-0.1, -0.05) is 45.0 Å². The molecule has 3 aromatic rings. The van der Waals surface area contributed by atoms with Gasteiger partial charge in [0.05, 0.1) is 30.4 Å². The summed E-state index contributed by atoms with van der Waals surface area (Å²) in [5.41, 5.74) is 1.60. The molecule has 1 unspecified atom stereocenters. The van der Waals surface area contributed by atoms with Crippen LogP contribution in [0.2, 0.25) is 18.1 Å². The number of ether oxygens (including phenoxy) is 1. The Morgan fingerprint density at radius 1 is 1.07 bits per heavy atom. The van der Waals surface area contributed by atoms with E-state index in [1.165, 1.54) is 48.5 Å². The Balaban J connectivity index is 2.02. The zero-order chi connectivity index (χ0) is 32.7. The van der Waals surface area contributed by atoms with Crippen LogP contribution in [-0.4, -0.2) is 53.3 Å². The number of rotatable bonds is 14. The molecule has 0 aliphatic heterocycles. The molecule has 0 bridgehead atoms. The van der Waals surface area contributed by atoms with Gasteiger partial charge in [-0.2, -0.15) is 0 Å². The van der Waals surface area contributed by atoms with Crippen molar-refractivity contribution in [3.05, 3.63) is 99.6 Å². The monoisotopic (exact) mass is 625 g/mol. The van der Waals surface area contributed by atoms with Gasteiger partial charge in [0.1, 0.15) is 17.3 Å². The van der Waals surface area contributed by atoms with Crippen LogP contribution < -0.4 is 4.74 Å². The predicted octanol–water partition coefficient (Wildman–Crippen LogP) is 7.34. The first-order valence-corrected chi connectivity index (χ1v) is 17.2. The smallest absolute Gasteiger partial charge is 0.407 e. The van der Waals surface area contributed by atoms with Crippen LogP contribution in [0.5, 0.6) is 5.75 Å². The number of hydrogen-bond donors (Lipinski definition) is 1. The molecule has 0 aliphatic rings. The number of carboxylic acid groups (broad SMARTS) is 1. The first-order valence-electron chi connectivity index (χ1n) is 14.3. The molecular formula is C32H40FN3O7Si. The number of non-ortho nitro benzene ring substituents is 1. The first kappa shape index (κ1) is 34.3. The number of nitro benzene ring substituents is 1. The summed E-state index contributed by atoms with van der Waals surface area (Å²) in [5.74, 6) is -0.146. The van der Waals surface area contributed by atoms with Crippen LogP contribution in [0.1, 0.15) is 56.4 Å². The van der Waals surface area contributed by atoms with Crippen molar-refractivity contribution in [2.75, 3.05) is 7.11 Å². The normalized spacial score (nSPS) is 13.2. The third-order valence-corrected chi connectivity index (χ3v) is 12.5. The molecule has 12 heteroatoms. The molecule has 236 valence electrons. The SMILES string of the molecule is COc1ccc(CN(C(=O)O)[C@H](CCC(=O)Cc2ccc([N+](=O)[O-])cc2)C(O[Si](C)(C)C(C)(C)C)c2cncc(F)c2)cc1. The lowest BCUT2D eigenvalue weighted by Gasteiger charge is -2.43. The number of ketones is 1. The third kappa shape index (κ3) is 9.17. The van der Waals surface area contributed by atoms with Gasteiger partial charge >= 0.3 is 6.09 Å². The minimum absolute atomic E-state index is 0.00580. The number of aromatic nitrogens is 1. The van der Waals surface area contributed by atoms with E-state index in [9.17, 15) is 29.2 Å². The molecule has 2 aromatic carbocycles. The lowest BCUT2D eigenvalue weighted by atomic mass is 9.95. The Morgan fingerprint density at radius 3 is 2.20 bits per heavy atom. The van der Waals surface area contributed by atoms with E-state index in [0.29, 0.717) is 22.4 Å². The van der Waals surface area contributed by atoms with Crippen LogP contribution in [0.3, 0.4) is 0 Å². The van der Waals surface area contributed by atoms with Crippen molar-refractivity contribution < 1.29 is 33.2 Å². The summed E-state index contributed by atoms with van der Waals surface area (Å²) in [5, 5.41) is 21.3. The molecule has 0 saturated heterocycles. The minimum atomic E-state index is -2.57. The maximum atomic E-state index is 14.5. The van der Waals surface area contributed by atoms with Crippen LogP contribution in [0, 0.1) is 15.9 Å². The van der Waals surface area contributed by atoms with E-state index in [1.807, 2.05) is 13.1 Å². The predicted molar refractivity (Wildman–Crippen MR) is 167 cm³/mol. The molecule has 1 heterocycles. The van der Waals surface area contributed by atoms with Crippen LogP contribution in [-0.2, 0) is 22.2 Å². The van der Waals surface area contributed by atoms with Gasteiger partial charge in [0.15, 0.2) is 8.32 Å². The summed E-state index contributed by atoms with van der Waals surface area (Å²) in [6.07, 6.45) is 0.508. The Labute approximate surface area is 258 Å². The Hall–Kier alpha value is -4.16. The highest BCUT2D eigenvalue weighted by Gasteiger charge is 2.43. The maximum absolute atomic E-state index is 14.5. The number of nitrogens with zero attached hydrogens (tertiary/aromatic N) is 3. The second-order valence-corrected chi connectivity index (χ2v) is 17.0. The summed E-state index contributed by atoms with van der Waals surface area (Å²) >= 11 is 0. The molecule has 0 aliphatic carbocycles. The van der Waals surface area contributed by atoms with E-state index < -0.39 is 37.3 Å². The standard InChI is InChI=1S/C32H40FN3O7Si/c1-32(2,3)44(5,6)43-30(24-18-25(33)20-34-19-24)29(35(31(38)39)21-23-9-14-28(42-4)15-10-23)16-13-27(37)17-22-7-11-26(12-8-22)36(40)41/h7-12,14-15,18-20,29-30H,13,16-17,21H2,1-6H3,(H,38,39)/t29-,30?/m1/s1. The fourth-order valence-electron chi connectivity index (χ4n) is 4.53. The summed E-state index contributed by atoms with van der Waals surface area (Å²) in [6, 6.07) is 13.1. The highest BCUT2D eigenvalue weighted by atomic mass is 28.4. The molecule has 0 radical (unpaired) electrons. The fourth-order valence-corrected chi connectivity index (χ4v) is 5.81. The number of halogens is 1. The molecule has 10 nitrogen and oxygen atoms in total. The largest absolute Gasteiger partial charge is 0.497 e. The summed E-state index contributed by atoms with van der Waals surface area (Å²) < 4.78 is 26.6. The number of nitro groups is 1. The molecule has 1 N–H and O–H groups in total. The van der Waals surface area contributed by atoms with Crippen molar-refractivity contribution in [3.8, 4) is 5.75 Å². The van der Waals surface area contributed by atoms with Crippen LogP contribution in [0.25, 0.3) is 0 Å². The number of amides is 1. The molecular weight excluding hydrogens is 585 g/mol. The zero-order valence-corrected chi connectivity index (χ0v) is 27.0. The molecule has 1 aromatic heterocycles. The quantitative estimate of drug-likeness (QED) is 0.112. The van der Waals surface area contributed by atoms with Gasteiger partial charge in [-0.3, -0.25) is 24.8 Å². The Kier molecular flexibility index (Phi) is 11.3. The molecule has 1 amide bonds. The van der Waals surface area contributed by atoms with Crippen molar-refractivity contribution in [1.29, 1.82) is 0 Å². The van der Waals surface area contributed by atoms with E-state index in [2.05, 4.69) is 25.8 Å². The lowest BCUT2D eigenvalue weighted by Crippen LogP contribution is -2.49. The highest BCUT2D eigenvalue weighted by Crippen LogP contribution is 2.42. The molecule has 2 atom stereocenters. The number of carbonyl (C=O) groups is 2. The van der Waals surface area contributed by atoms with Crippen molar-refractivity contribution in [3.63, 3.8) is 0 Å². The summed E-state index contributed by atoms with van der Waals surface area (Å²) in [6.45, 7) is 10.2. The number of benzene rings is 2. The number of methoxy groups -OCH3 is 1. The van der Waals surface area contributed by atoms with Crippen molar-refractivity contribution in [2.24, 2.45) is 0 Å².